The number of halogens is 2. The first-order valence-corrected chi connectivity index (χ1v) is 5.29. The summed E-state index contributed by atoms with van der Waals surface area (Å²) in [6.45, 7) is 0.274. The van der Waals surface area contributed by atoms with E-state index in [4.69, 9.17) is 4.42 Å². The largest absolute Gasteiger partial charge is 0.469 e. The summed E-state index contributed by atoms with van der Waals surface area (Å²) in [6, 6.07) is 4.62. The van der Waals surface area contributed by atoms with E-state index >= 15 is 0 Å². The molecule has 1 N–H and O–H groups in total. The second-order valence-corrected chi connectivity index (χ2v) is 3.55. The topological polar surface area (TPSA) is 55.1 Å². The third-order valence-corrected chi connectivity index (χ3v) is 2.33. The highest BCUT2D eigenvalue weighted by Crippen LogP contribution is 2.08. The van der Waals surface area contributed by atoms with Gasteiger partial charge in [0, 0.05) is 19.2 Å². The van der Waals surface area contributed by atoms with Crippen molar-refractivity contribution in [2.45, 2.75) is 6.42 Å². The average molecular weight is 252 g/mol. The number of nitrogens with one attached hydrogen (secondary N) is 1. The molecule has 6 heteroatoms. The van der Waals surface area contributed by atoms with Gasteiger partial charge in [0.25, 0.3) is 5.91 Å². The van der Waals surface area contributed by atoms with Crippen LogP contribution in [-0.4, -0.2) is 17.4 Å². The quantitative estimate of drug-likeness (QED) is 0.846. The molecule has 18 heavy (non-hydrogen) atoms. The average Bonchev–Trinajstić information content (AvgIpc) is 2.85. The van der Waals surface area contributed by atoms with Gasteiger partial charge in [-0.3, -0.25) is 4.79 Å². The lowest BCUT2D eigenvalue weighted by Crippen LogP contribution is -2.26. The van der Waals surface area contributed by atoms with Crippen molar-refractivity contribution in [3.05, 3.63) is 53.7 Å². The maximum absolute atomic E-state index is 13.2. The molecule has 0 saturated heterocycles. The van der Waals surface area contributed by atoms with Gasteiger partial charge in [-0.05, 0) is 18.2 Å². The molecule has 0 aromatic carbocycles. The molecule has 0 aliphatic rings. The van der Waals surface area contributed by atoms with Gasteiger partial charge in [0.2, 0.25) is 5.95 Å². The summed E-state index contributed by atoms with van der Waals surface area (Å²) in [5.74, 6) is -2.50. The Bertz CT molecular complexity index is 541. The van der Waals surface area contributed by atoms with Crippen LogP contribution in [0.1, 0.15) is 16.1 Å². The number of pyridine rings is 1. The maximum Gasteiger partial charge on any atom is 0.254 e. The Morgan fingerprint density at radius 3 is 2.94 bits per heavy atom. The van der Waals surface area contributed by atoms with Crippen molar-refractivity contribution in [1.82, 2.24) is 10.3 Å². The molecule has 2 rings (SSSR count). The number of amides is 1. The van der Waals surface area contributed by atoms with Gasteiger partial charge in [-0.2, -0.15) is 4.39 Å². The molecule has 0 spiro atoms. The van der Waals surface area contributed by atoms with E-state index in [0.717, 1.165) is 12.3 Å². The molecule has 0 bridgehead atoms. The molecule has 0 saturated carbocycles. The molecular formula is C12H10F2N2O2. The molecule has 1 amide bonds. The summed E-state index contributed by atoms with van der Waals surface area (Å²) < 4.78 is 31.1. The summed E-state index contributed by atoms with van der Waals surface area (Å²) in [5, 5.41) is 2.47. The number of carbonyl (C=O) groups excluding carboxylic acids is 1. The minimum atomic E-state index is -1.28. The minimum absolute atomic E-state index is 0.274. The Kier molecular flexibility index (Phi) is 3.66. The van der Waals surface area contributed by atoms with E-state index in [-0.39, 0.29) is 12.1 Å². The van der Waals surface area contributed by atoms with Gasteiger partial charge in [0.15, 0.2) is 5.82 Å². The Balaban J connectivity index is 1.93. The van der Waals surface area contributed by atoms with Gasteiger partial charge < -0.3 is 9.73 Å². The van der Waals surface area contributed by atoms with Crippen molar-refractivity contribution in [2.24, 2.45) is 0 Å². The van der Waals surface area contributed by atoms with Crippen molar-refractivity contribution >= 4 is 5.91 Å². The smallest absolute Gasteiger partial charge is 0.254 e. The van der Waals surface area contributed by atoms with Gasteiger partial charge in [0.1, 0.15) is 5.76 Å². The fourth-order valence-electron chi connectivity index (χ4n) is 1.44. The summed E-state index contributed by atoms with van der Waals surface area (Å²) in [6.07, 6.45) is 3.04. The van der Waals surface area contributed by atoms with Gasteiger partial charge in [-0.15, -0.1) is 0 Å². The second kappa shape index (κ2) is 5.39. The van der Waals surface area contributed by atoms with E-state index in [9.17, 15) is 13.6 Å². The first-order chi connectivity index (χ1) is 8.68. The van der Waals surface area contributed by atoms with Crippen LogP contribution < -0.4 is 5.32 Å². The highest BCUT2D eigenvalue weighted by molar-refractivity contribution is 5.94. The Hall–Kier alpha value is -2.24. The number of aromatic nitrogens is 1. The summed E-state index contributed by atoms with van der Waals surface area (Å²) in [4.78, 5) is 14.7. The van der Waals surface area contributed by atoms with Crippen LogP contribution in [0.2, 0.25) is 0 Å². The van der Waals surface area contributed by atoms with E-state index in [1.165, 1.54) is 6.26 Å². The van der Waals surface area contributed by atoms with Crippen LogP contribution in [0.4, 0.5) is 8.78 Å². The molecule has 0 radical (unpaired) electrons. The third kappa shape index (κ3) is 2.71. The standard InChI is InChI=1S/C12H10F2N2O2/c13-10-9(4-6-15-11(10)14)12(17)16-5-3-8-2-1-7-18-8/h1-2,4,6-7H,3,5H2,(H,16,17). The van der Waals surface area contributed by atoms with Crippen molar-refractivity contribution in [2.75, 3.05) is 6.54 Å². The zero-order chi connectivity index (χ0) is 13.0. The summed E-state index contributed by atoms with van der Waals surface area (Å²) in [5.41, 5.74) is -0.359. The lowest BCUT2D eigenvalue weighted by molar-refractivity contribution is 0.0948. The predicted octanol–water partition coefficient (Wildman–Crippen LogP) is 1.93. The molecule has 0 fully saturated rings. The summed E-state index contributed by atoms with van der Waals surface area (Å²) >= 11 is 0. The number of hydrogen-bond donors (Lipinski definition) is 1. The van der Waals surface area contributed by atoms with Gasteiger partial charge >= 0.3 is 0 Å². The molecule has 2 aromatic rings. The van der Waals surface area contributed by atoms with E-state index in [2.05, 4.69) is 10.3 Å². The summed E-state index contributed by atoms with van der Waals surface area (Å²) in [7, 11) is 0. The van der Waals surface area contributed by atoms with E-state index in [1.807, 2.05) is 0 Å². The molecule has 0 aliphatic carbocycles. The lowest BCUT2D eigenvalue weighted by Gasteiger charge is -2.05. The number of furan rings is 1. The zero-order valence-corrected chi connectivity index (χ0v) is 9.32. The van der Waals surface area contributed by atoms with Crippen LogP contribution in [0.3, 0.4) is 0 Å². The van der Waals surface area contributed by atoms with Crippen LogP contribution in [-0.2, 0) is 6.42 Å². The zero-order valence-electron chi connectivity index (χ0n) is 9.32. The SMILES string of the molecule is O=C(NCCc1ccco1)c1ccnc(F)c1F. The number of carbonyl (C=O) groups is 1. The monoisotopic (exact) mass is 252 g/mol. The van der Waals surface area contributed by atoms with Crippen LogP contribution in [0.15, 0.2) is 35.1 Å². The molecule has 0 atom stereocenters. The van der Waals surface area contributed by atoms with Crippen molar-refractivity contribution in [3.63, 3.8) is 0 Å². The minimum Gasteiger partial charge on any atom is -0.469 e. The van der Waals surface area contributed by atoms with Crippen molar-refractivity contribution < 1.29 is 18.0 Å². The van der Waals surface area contributed by atoms with E-state index in [0.29, 0.717) is 12.2 Å². The molecule has 94 valence electrons. The second-order valence-electron chi connectivity index (χ2n) is 3.55. The van der Waals surface area contributed by atoms with Crippen LogP contribution in [0.25, 0.3) is 0 Å². The highest BCUT2D eigenvalue weighted by Gasteiger charge is 2.15. The number of nitrogens with zero attached hydrogens (tertiary/aromatic N) is 1. The first kappa shape index (κ1) is 12.2. The Morgan fingerprint density at radius 1 is 1.39 bits per heavy atom. The fraction of sp³-hybridized carbons (Fsp3) is 0.167. The van der Waals surface area contributed by atoms with Gasteiger partial charge in [0.05, 0.1) is 11.8 Å². The number of hydrogen-bond acceptors (Lipinski definition) is 3. The molecule has 2 heterocycles. The van der Waals surface area contributed by atoms with E-state index in [1.54, 1.807) is 12.1 Å². The first-order valence-electron chi connectivity index (χ1n) is 5.29. The molecule has 0 unspecified atom stereocenters. The normalized spacial score (nSPS) is 10.3. The third-order valence-electron chi connectivity index (χ3n) is 2.33. The van der Waals surface area contributed by atoms with Crippen molar-refractivity contribution in [1.29, 1.82) is 0 Å². The van der Waals surface area contributed by atoms with Gasteiger partial charge in [-0.25, -0.2) is 9.37 Å². The Labute approximate surface area is 102 Å². The van der Waals surface area contributed by atoms with Crippen LogP contribution >= 0.6 is 0 Å². The predicted molar refractivity (Wildman–Crippen MR) is 58.9 cm³/mol. The van der Waals surface area contributed by atoms with E-state index < -0.39 is 17.7 Å². The van der Waals surface area contributed by atoms with Crippen LogP contribution in [0.5, 0.6) is 0 Å². The van der Waals surface area contributed by atoms with Gasteiger partial charge in [-0.1, -0.05) is 0 Å². The molecule has 2 aromatic heterocycles. The fourth-order valence-corrected chi connectivity index (χ4v) is 1.44. The molecule has 0 aliphatic heterocycles. The maximum atomic E-state index is 13.2. The molecular weight excluding hydrogens is 242 g/mol. The van der Waals surface area contributed by atoms with Crippen molar-refractivity contribution in [3.8, 4) is 0 Å². The number of rotatable bonds is 4. The molecule has 4 nitrogen and oxygen atoms in total. The lowest BCUT2D eigenvalue weighted by atomic mass is 10.2. The van der Waals surface area contributed by atoms with Crippen LogP contribution in [0, 0.1) is 11.8 Å². The Morgan fingerprint density at radius 2 is 2.22 bits per heavy atom. The highest BCUT2D eigenvalue weighted by atomic mass is 19.2.